The van der Waals surface area contributed by atoms with Gasteiger partial charge in [-0.05, 0) is 31.0 Å². The zero-order chi connectivity index (χ0) is 15.1. The van der Waals surface area contributed by atoms with Crippen LogP contribution in [0.4, 0.5) is 13.6 Å². The molecule has 2 amide bonds. The topological polar surface area (TPSA) is 69.6 Å². The van der Waals surface area contributed by atoms with Crippen molar-refractivity contribution in [2.24, 2.45) is 0 Å². The molecule has 1 rings (SSSR count). The Morgan fingerprint density at radius 3 is 2.35 bits per heavy atom. The number of hydrogen-bond donors (Lipinski definition) is 2. The lowest BCUT2D eigenvalue weighted by Gasteiger charge is -2.19. The number of aliphatic carboxylic acids is 1. The third kappa shape index (κ3) is 5.21. The summed E-state index contributed by atoms with van der Waals surface area (Å²) in [4.78, 5) is 23.3. The molecule has 0 atom stereocenters. The van der Waals surface area contributed by atoms with Gasteiger partial charge in [-0.25, -0.2) is 13.6 Å². The number of halogens is 2. The first-order chi connectivity index (χ1) is 9.42. The summed E-state index contributed by atoms with van der Waals surface area (Å²) >= 11 is 0. The molecular weight excluding hydrogens is 270 g/mol. The number of likely N-dealkylation sites (N-methyl/N-ethyl adjacent to an activating group) is 1. The standard InChI is InChI=1S/C13H16F2N2O3/c1-2-17(8-12(18)19)13(20)16-4-3-9-5-10(14)7-11(15)6-9/h5-7H,2-4,8H2,1H3,(H,16,20)(H,18,19). The van der Waals surface area contributed by atoms with Crippen LogP contribution < -0.4 is 5.32 Å². The molecule has 0 aliphatic heterocycles. The maximum Gasteiger partial charge on any atom is 0.323 e. The molecule has 0 saturated heterocycles. The number of carbonyl (C=O) groups excluding carboxylic acids is 1. The average molecular weight is 286 g/mol. The molecule has 2 N–H and O–H groups in total. The van der Waals surface area contributed by atoms with Crippen LogP contribution in [0, 0.1) is 11.6 Å². The molecule has 1 aromatic carbocycles. The van der Waals surface area contributed by atoms with Crippen LogP contribution in [0.2, 0.25) is 0 Å². The molecule has 1 aromatic rings. The number of nitrogens with one attached hydrogen (secondary N) is 1. The monoisotopic (exact) mass is 286 g/mol. The van der Waals surface area contributed by atoms with Crippen LogP contribution in [-0.2, 0) is 11.2 Å². The van der Waals surface area contributed by atoms with Gasteiger partial charge in [0.05, 0.1) is 0 Å². The Labute approximate surface area is 115 Å². The van der Waals surface area contributed by atoms with Gasteiger partial charge in [0.25, 0.3) is 0 Å². The van der Waals surface area contributed by atoms with E-state index in [1.54, 1.807) is 6.92 Å². The highest BCUT2D eigenvalue weighted by molar-refractivity contribution is 5.80. The van der Waals surface area contributed by atoms with Gasteiger partial charge in [-0.2, -0.15) is 0 Å². The molecule has 0 unspecified atom stereocenters. The fourth-order valence-corrected chi connectivity index (χ4v) is 1.67. The fourth-order valence-electron chi connectivity index (χ4n) is 1.67. The Hall–Kier alpha value is -2.18. The van der Waals surface area contributed by atoms with Crippen LogP contribution in [0.25, 0.3) is 0 Å². The summed E-state index contributed by atoms with van der Waals surface area (Å²) in [6.07, 6.45) is 0.255. The van der Waals surface area contributed by atoms with Crippen molar-refractivity contribution in [3.05, 3.63) is 35.4 Å². The van der Waals surface area contributed by atoms with Crippen LogP contribution in [-0.4, -0.2) is 41.6 Å². The quantitative estimate of drug-likeness (QED) is 0.835. The summed E-state index contributed by atoms with van der Waals surface area (Å²) in [6, 6.07) is 2.62. The van der Waals surface area contributed by atoms with Crippen LogP contribution in [0.3, 0.4) is 0 Å². The number of rotatable bonds is 6. The van der Waals surface area contributed by atoms with Crippen LogP contribution in [0.15, 0.2) is 18.2 Å². The minimum absolute atomic E-state index is 0.165. The van der Waals surface area contributed by atoms with E-state index in [2.05, 4.69) is 5.32 Å². The summed E-state index contributed by atoms with van der Waals surface area (Å²) in [5.74, 6) is -2.45. The molecule has 0 aromatic heterocycles. The lowest BCUT2D eigenvalue weighted by molar-refractivity contribution is -0.137. The van der Waals surface area contributed by atoms with Gasteiger partial charge >= 0.3 is 12.0 Å². The Morgan fingerprint density at radius 1 is 1.25 bits per heavy atom. The molecule has 0 fully saturated rings. The Balaban J connectivity index is 2.46. The van der Waals surface area contributed by atoms with Crippen LogP contribution in [0.5, 0.6) is 0 Å². The van der Waals surface area contributed by atoms with Gasteiger partial charge in [-0.3, -0.25) is 4.79 Å². The van der Waals surface area contributed by atoms with E-state index in [9.17, 15) is 18.4 Å². The smallest absolute Gasteiger partial charge is 0.323 e. The first-order valence-electron chi connectivity index (χ1n) is 6.12. The number of hydrogen-bond acceptors (Lipinski definition) is 2. The van der Waals surface area contributed by atoms with Gasteiger partial charge in [-0.15, -0.1) is 0 Å². The molecule has 7 heteroatoms. The van der Waals surface area contributed by atoms with Crippen molar-refractivity contribution >= 4 is 12.0 Å². The number of urea groups is 1. The van der Waals surface area contributed by atoms with Gasteiger partial charge in [0, 0.05) is 19.2 Å². The number of carbonyl (C=O) groups is 2. The number of carboxylic acid groups (broad SMARTS) is 1. The van der Waals surface area contributed by atoms with E-state index in [4.69, 9.17) is 5.11 Å². The first kappa shape index (κ1) is 15.9. The van der Waals surface area contributed by atoms with Crippen molar-refractivity contribution in [1.82, 2.24) is 10.2 Å². The molecule has 5 nitrogen and oxygen atoms in total. The zero-order valence-electron chi connectivity index (χ0n) is 11.0. The SMILES string of the molecule is CCN(CC(=O)O)C(=O)NCCc1cc(F)cc(F)c1. The van der Waals surface area contributed by atoms with Crippen molar-refractivity contribution in [1.29, 1.82) is 0 Å². The second kappa shape index (κ2) is 7.42. The molecular formula is C13H16F2N2O3. The average Bonchev–Trinajstić information content (AvgIpc) is 2.34. The van der Waals surface area contributed by atoms with Crippen molar-refractivity contribution in [2.45, 2.75) is 13.3 Å². The van der Waals surface area contributed by atoms with E-state index < -0.39 is 30.2 Å². The largest absolute Gasteiger partial charge is 0.480 e. The summed E-state index contributed by atoms with van der Waals surface area (Å²) < 4.78 is 25.9. The number of nitrogens with zero attached hydrogens (tertiary/aromatic N) is 1. The number of carboxylic acids is 1. The summed E-state index contributed by atoms with van der Waals surface area (Å²) in [7, 11) is 0. The highest BCUT2D eigenvalue weighted by Crippen LogP contribution is 2.08. The van der Waals surface area contributed by atoms with Gasteiger partial charge in [-0.1, -0.05) is 0 Å². The molecule has 0 aliphatic carbocycles. The number of benzene rings is 1. The predicted molar refractivity (Wildman–Crippen MR) is 68.3 cm³/mol. The summed E-state index contributed by atoms with van der Waals surface area (Å²) in [6.45, 7) is 1.69. The third-order valence-corrected chi connectivity index (χ3v) is 2.61. The second-order valence-electron chi connectivity index (χ2n) is 4.17. The van der Waals surface area contributed by atoms with Crippen LogP contribution in [0.1, 0.15) is 12.5 Å². The predicted octanol–water partition coefficient (Wildman–Crippen LogP) is 1.62. The molecule has 0 spiro atoms. The maximum atomic E-state index is 12.9. The first-order valence-corrected chi connectivity index (χ1v) is 6.12. The second-order valence-corrected chi connectivity index (χ2v) is 4.17. The lowest BCUT2D eigenvalue weighted by atomic mass is 10.1. The van der Waals surface area contributed by atoms with E-state index in [1.807, 2.05) is 0 Å². The highest BCUT2D eigenvalue weighted by Gasteiger charge is 2.14. The molecule has 0 saturated carbocycles. The molecule has 110 valence electrons. The van der Waals surface area contributed by atoms with E-state index >= 15 is 0 Å². The summed E-state index contributed by atoms with van der Waals surface area (Å²) in [5.41, 5.74) is 0.420. The molecule has 20 heavy (non-hydrogen) atoms. The van der Waals surface area contributed by atoms with E-state index in [0.717, 1.165) is 11.0 Å². The van der Waals surface area contributed by atoms with Gasteiger partial charge < -0.3 is 15.3 Å². The fraction of sp³-hybridized carbons (Fsp3) is 0.385. The molecule has 0 bridgehead atoms. The highest BCUT2D eigenvalue weighted by atomic mass is 19.1. The van der Waals surface area contributed by atoms with Gasteiger partial charge in [0.1, 0.15) is 18.2 Å². The van der Waals surface area contributed by atoms with E-state index in [1.165, 1.54) is 12.1 Å². The zero-order valence-corrected chi connectivity index (χ0v) is 11.0. The minimum Gasteiger partial charge on any atom is -0.480 e. The summed E-state index contributed by atoms with van der Waals surface area (Å²) in [5, 5.41) is 11.1. The van der Waals surface area contributed by atoms with Crippen molar-refractivity contribution < 1.29 is 23.5 Å². The minimum atomic E-state index is -1.10. The Kier molecular flexibility index (Phi) is 5.89. The third-order valence-electron chi connectivity index (χ3n) is 2.61. The van der Waals surface area contributed by atoms with Gasteiger partial charge in [0.15, 0.2) is 0 Å². The lowest BCUT2D eigenvalue weighted by Crippen LogP contribution is -2.43. The Bertz CT molecular complexity index is 474. The van der Waals surface area contributed by atoms with E-state index in [-0.39, 0.29) is 19.5 Å². The maximum absolute atomic E-state index is 12.9. The van der Waals surface area contributed by atoms with Crippen LogP contribution >= 0.6 is 0 Å². The van der Waals surface area contributed by atoms with Crippen molar-refractivity contribution in [3.8, 4) is 0 Å². The molecule has 0 aliphatic rings. The Morgan fingerprint density at radius 2 is 1.85 bits per heavy atom. The molecule has 0 heterocycles. The number of amides is 2. The molecule has 0 radical (unpaired) electrons. The van der Waals surface area contributed by atoms with Gasteiger partial charge in [0.2, 0.25) is 0 Å². The van der Waals surface area contributed by atoms with E-state index in [0.29, 0.717) is 5.56 Å². The van der Waals surface area contributed by atoms with Crippen molar-refractivity contribution in [2.75, 3.05) is 19.6 Å². The normalized spacial score (nSPS) is 10.2. The van der Waals surface area contributed by atoms with Crippen molar-refractivity contribution in [3.63, 3.8) is 0 Å².